The zero-order valence-electron chi connectivity index (χ0n) is 14.9. The van der Waals surface area contributed by atoms with E-state index >= 15 is 0 Å². The molecule has 0 bridgehead atoms. The average molecular weight is 359 g/mol. The quantitative estimate of drug-likeness (QED) is 0.914. The first-order chi connectivity index (χ1) is 11.8. The topological polar surface area (TPSA) is 63.4 Å². The van der Waals surface area contributed by atoms with Crippen molar-refractivity contribution >= 4 is 10.0 Å². The van der Waals surface area contributed by atoms with E-state index in [0.29, 0.717) is 5.92 Å². The van der Waals surface area contributed by atoms with Gasteiger partial charge in [-0.25, -0.2) is 13.6 Å². The minimum atomic E-state index is -3.47. The van der Waals surface area contributed by atoms with E-state index in [9.17, 15) is 8.42 Å². The molecule has 2 unspecified atom stereocenters. The molecule has 0 aromatic heterocycles. The van der Waals surface area contributed by atoms with E-state index in [0.717, 1.165) is 25.1 Å². The summed E-state index contributed by atoms with van der Waals surface area (Å²) in [5.74, 6) is 0.247. The summed E-state index contributed by atoms with van der Waals surface area (Å²) >= 11 is 0. The third kappa shape index (κ3) is 4.48. The van der Waals surface area contributed by atoms with Crippen LogP contribution in [0.1, 0.15) is 47.4 Å². The van der Waals surface area contributed by atoms with E-state index in [2.05, 4.69) is 54.4 Å². The van der Waals surface area contributed by atoms with Crippen LogP contribution in [0.25, 0.3) is 0 Å². The van der Waals surface area contributed by atoms with E-state index in [-0.39, 0.29) is 11.7 Å². The van der Waals surface area contributed by atoms with Crippen molar-refractivity contribution in [2.24, 2.45) is 5.14 Å². The van der Waals surface area contributed by atoms with Crippen LogP contribution in [-0.2, 0) is 16.6 Å². The van der Waals surface area contributed by atoms with Crippen molar-refractivity contribution in [2.45, 2.75) is 31.7 Å². The van der Waals surface area contributed by atoms with Crippen molar-refractivity contribution in [2.75, 3.05) is 19.3 Å². The van der Waals surface area contributed by atoms with Gasteiger partial charge in [-0.15, -0.1) is 0 Å². The molecule has 134 valence electrons. The van der Waals surface area contributed by atoms with Gasteiger partial charge in [-0.2, -0.15) is 0 Å². The number of nitrogens with zero attached hydrogens (tertiary/aromatic N) is 1. The Balaban J connectivity index is 1.98. The predicted molar refractivity (Wildman–Crippen MR) is 102 cm³/mol. The highest BCUT2D eigenvalue weighted by molar-refractivity contribution is 7.89. The molecule has 2 N–H and O–H groups in total. The highest BCUT2D eigenvalue weighted by atomic mass is 32.2. The van der Waals surface area contributed by atoms with Crippen LogP contribution >= 0.6 is 0 Å². The molecular weight excluding hydrogens is 332 g/mol. The molecule has 4 nitrogen and oxygen atoms in total. The maximum atomic E-state index is 11.4. The van der Waals surface area contributed by atoms with E-state index in [1.165, 1.54) is 16.7 Å². The molecule has 0 fully saturated rings. The third-order valence-corrected chi connectivity index (χ3v) is 6.00. The molecule has 0 saturated heterocycles. The Hall–Kier alpha value is -1.69. The van der Waals surface area contributed by atoms with Gasteiger partial charge in [-0.3, -0.25) is 0 Å². The first-order valence-electron chi connectivity index (χ1n) is 8.70. The molecule has 0 spiro atoms. The summed E-state index contributed by atoms with van der Waals surface area (Å²) in [7, 11) is -1.34. The zero-order valence-corrected chi connectivity index (χ0v) is 15.7. The molecule has 0 radical (unpaired) electrons. The average Bonchev–Trinajstić information content (AvgIpc) is 2.71. The lowest BCUT2D eigenvalue weighted by Gasteiger charge is -2.20. The molecule has 0 aliphatic carbocycles. The van der Waals surface area contributed by atoms with Crippen LogP contribution in [0.15, 0.2) is 48.5 Å². The van der Waals surface area contributed by atoms with Gasteiger partial charge >= 0.3 is 0 Å². The van der Waals surface area contributed by atoms with Crippen molar-refractivity contribution in [1.82, 2.24) is 4.90 Å². The summed E-state index contributed by atoms with van der Waals surface area (Å²) in [6.45, 7) is 3.84. The van der Waals surface area contributed by atoms with E-state index in [4.69, 9.17) is 5.14 Å². The van der Waals surface area contributed by atoms with Gasteiger partial charge in [0, 0.05) is 12.5 Å². The smallest absolute Gasteiger partial charge is 0.209 e. The third-order valence-electron chi connectivity index (χ3n) is 5.04. The van der Waals surface area contributed by atoms with Gasteiger partial charge in [0.2, 0.25) is 10.0 Å². The molecule has 3 rings (SSSR count). The second-order valence-corrected chi connectivity index (χ2v) is 8.84. The monoisotopic (exact) mass is 358 g/mol. The molecule has 2 aromatic carbocycles. The minimum absolute atomic E-state index is 0.0241. The summed E-state index contributed by atoms with van der Waals surface area (Å²) in [6, 6.07) is 17.0. The van der Waals surface area contributed by atoms with Crippen LogP contribution in [0.3, 0.4) is 0 Å². The summed E-state index contributed by atoms with van der Waals surface area (Å²) in [5.41, 5.74) is 5.01. The van der Waals surface area contributed by atoms with Gasteiger partial charge in [0.15, 0.2) is 0 Å². The lowest BCUT2D eigenvalue weighted by molar-refractivity contribution is 0.328. The Morgan fingerprint density at radius 3 is 2.60 bits per heavy atom. The number of rotatable bonds is 4. The van der Waals surface area contributed by atoms with Crippen molar-refractivity contribution in [3.8, 4) is 0 Å². The zero-order chi connectivity index (χ0) is 18.0. The lowest BCUT2D eigenvalue weighted by atomic mass is 9.85. The van der Waals surface area contributed by atoms with Crippen LogP contribution in [0.2, 0.25) is 0 Å². The van der Waals surface area contributed by atoms with Crippen LogP contribution in [-0.4, -0.2) is 32.7 Å². The summed E-state index contributed by atoms with van der Waals surface area (Å²) in [5, 5.41) is 5.22. The lowest BCUT2D eigenvalue weighted by Crippen LogP contribution is -2.21. The van der Waals surface area contributed by atoms with Crippen molar-refractivity contribution in [1.29, 1.82) is 0 Å². The maximum Gasteiger partial charge on any atom is 0.209 e. The van der Waals surface area contributed by atoms with Gasteiger partial charge in [0.1, 0.15) is 0 Å². The highest BCUT2D eigenvalue weighted by Gasteiger charge is 2.23. The molecule has 1 heterocycles. The van der Waals surface area contributed by atoms with Crippen LogP contribution < -0.4 is 5.14 Å². The summed E-state index contributed by atoms with van der Waals surface area (Å²) in [4.78, 5) is 2.33. The van der Waals surface area contributed by atoms with Crippen LogP contribution in [0.4, 0.5) is 0 Å². The number of hydrogen-bond acceptors (Lipinski definition) is 3. The fourth-order valence-electron chi connectivity index (χ4n) is 3.76. The highest BCUT2D eigenvalue weighted by Crippen LogP contribution is 2.35. The molecule has 5 heteroatoms. The molecular formula is C20H26N2O2S. The Morgan fingerprint density at radius 1 is 1.20 bits per heavy atom. The van der Waals surface area contributed by atoms with Gasteiger partial charge < -0.3 is 4.90 Å². The number of primary sulfonamides is 1. The van der Waals surface area contributed by atoms with E-state index in [1.807, 2.05) is 13.0 Å². The van der Waals surface area contributed by atoms with Crippen molar-refractivity contribution < 1.29 is 8.42 Å². The Morgan fingerprint density at radius 2 is 1.92 bits per heavy atom. The summed E-state index contributed by atoms with van der Waals surface area (Å²) in [6.07, 6.45) is 1.08. The molecule has 25 heavy (non-hydrogen) atoms. The van der Waals surface area contributed by atoms with Gasteiger partial charge in [0.25, 0.3) is 0 Å². The van der Waals surface area contributed by atoms with E-state index in [1.54, 1.807) is 0 Å². The van der Waals surface area contributed by atoms with Gasteiger partial charge in [-0.05, 0) is 48.2 Å². The largest absolute Gasteiger partial charge is 0.302 e. The fourth-order valence-corrected chi connectivity index (χ4v) is 4.65. The number of benzene rings is 2. The Kier molecular flexibility index (Phi) is 5.27. The number of hydrogen-bond donors (Lipinski definition) is 1. The number of sulfonamides is 1. The molecule has 1 aliphatic heterocycles. The second-order valence-electron chi connectivity index (χ2n) is 7.18. The normalized spacial score (nSPS) is 19.9. The summed E-state index contributed by atoms with van der Waals surface area (Å²) < 4.78 is 22.8. The Labute approximate surface area is 150 Å². The SMILES string of the molecule is CC(CS(N)(=O)=O)c1ccc2c(c1)CN(C)CCC2c1ccccc1. The van der Waals surface area contributed by atoms with Crippen LogP contribution in [0.5, 0.6) is 0 Å². The fraction of sp³-hybridized carbons (Fsp3) is 0.400. The first-order valence-corrected chi connectivity index (χ1v) is 10.4. The van der Waals surface area contributed by atoms with Gasteiger partial charge in [0.05, 0.1) is 5.75 Å². The van der Waals surface area contributed by atoms with Crippen LogP contribution in [0, 0.1) is 0 Å². The van der Waals surface area contributed by atoms with E-state index < -0.39 is 10.0 Å². The van der Waals surface area contributed by atoms with Crippen molar-refractivity contribution in [3.05, 3.63) is 70.8 Å². The second kappa shape index (κ2) is 7.28. The van der Waals surface area contributed by atoms with Gasteiger partial charge in [-0.1, -0.05) is 55.5 Å². The molecule has 0 amide bonds. The predicted octanol–water partition coefficient (Wildman–Crippen LogP) is 3.05. The molecule has 2 aromatic rings. The maximum absolute atomic E-state index is 11.4. The first kappa shape index (κ1) is 18.1. The molecule has 2 atom stereocenters. The number of fused-ring (bicyclic) bond motifs is 1. The van der Waals surface area contributed by atoms with Crippen molar-refractivity contribution in [3.63, 3.8) is 0 Å². The standard InChI is InChI=1S/C20H26N2O2S/c1-15(14-25(21,23)24)17-8-9-19-18(12-17)13-22(2)11-10-20(19)16-6-4-3-5-7-16/h3-9,12,15,20H,10-11,13-14H2,1-2H3,(H2,21,23,24). The number of nitrogens with two attached hydrogens (primary N) is 1. The Bertz CT molecular complexity index is 834. The molecule has 0 saturated carbocycles. The molecule has 1 aliphatic rings. The minimum Gasteiger partial charge on any atom is -0.302 e.